The van der Waals surface area contributed by atoms with Gasteiger partial charge >= 0.3 is 0 Å². The highest BCUT2D eigenvalue weighted by atomic mass is 16.5. The predicted molar refractivity (Wildman–Crippen MR) is 133 cm³/mol. The first kappa shape index (κ1) is 24.3. The van der Waals surface area contributed by atoms with Crippen molar-refractivity contribution in [2.24, 2.45) is 5.92 Å². The molecule has 1 heterocycles. The van der Waals surface area contributed by atoms with E-state index >= 15 is 0 Å². The molecule has 4 nitrogen and oxygen atoms in total. The summed E-state index contributed by atoms with van der Waals surface area (Å²) in [5.41, 5.74) is 3.66. The zero-order chi connectivity index (χ0) is 23.1. The van der Waals surface area contributed by atoms with Gasteiger partial charge in [0.25, 0.3) is 0 Å². The van der Waals surface area contributed by atoms with E-state index in [1.807, 2.05) is 25.9 Å². The van der Waals surface area contributed by atoms with E-state index in [0.29, 0.717) is 24.8 Å². The molecule has 1 aliphatic rings. The largest absolute Gasteiger partial charge is 0.378 e. The van der Waals surface area contributed by atoms with Crippen molar-refractivity contribution in [3.63, 3.8) is 0 Å². The minimum Gasteiger partial charge on any atom is -0.378 e. The van der Waals surface area contributed by atoms with Crippen LogP contribution in [0.25, 0.3) is 0 Å². The number of carbonyl (C=O) groups is 1. The van der Waals surface area contributed by atoms with Crippen molar-refractivity contribution < 1.29 is 9.53 Å². The van der Waals surface area contributed by atoms with Crippen LogP contribution in [0.15, 0.2) is 54.6 Å². The topological polar surface area (TPSA) is 32.8 Å². The Morgan fingerprint density at radius 2 is 1.78 bits per heavy atom. The van der Waals surface area contributed by atoms with Crippen molar-refractivity contribution in [3.8, 4) is 0 Å². The second kappa shape index (κ2) is 11.0. The van der Waals surface area contributed by atoms with Crippen molar-refractivity contribution in [2.75, 3.05) is 32.1 Å². The number of anilines is 1. The maximum Gasteiger partial charge on any atom is 0.222 e. The minimum atomic E-state index is -0.0803. The molecular formula is C28H40N2O2. The Bertz CT molecular complexity index is 845. The molecule has 0 spiro atoms. The van der Waals surface area contributed by atoms with Crippen LogP contribution in [0.3, 0.4) is 0 Å². The quantitative estimate of drug-likeness (QED) is 0.493. The lowest BCUT2D eigenvalue weighted by molar-refractivity contribution is -0.131. The summed E-state index contributed by atoms with van der Waals surface area (Å²) in [6.07, 6.45) is 3.65. The molecule has 1 saturated heterocycles. The highest BCUT2D eigenvalue weighted by Gasteiger charge is 2.34. The van der Waals surface area contributed by atoms with Gasteiger partial charge in [-0.3, -0.25) is 4.79 Å². The van der Waals surface area contributed by atoms with Gasteiger partial charge in [-0.15, -0.1) is 0 Å². The molecule has 2 aromatic carbocycles. The third-order valence-electron chi connectivity index (χ3n) is 6.72. The number of rotatable bonds is 9. The summed E-state index contributed by atoms with van der Waals surface area (Å²) in [5.74, 6) is 1.22. The second-order valence-corrected chi connectivity index (χ2v) is 9.90. The van der Waals surface area contributed by atoms with E-state index in [1.165, 1.54) is 16.8 Å². The zero-order valence-corrected chi connectivity index (χ0v) is 20.5. The first-order valence-corrected chi connectivity index (χ1v) is 12.0. The van der Waals surface area contributed by atoms with Gasteiger partial charge in [0.1, 0.15) is 0 Å². The minimum absolute atomic E-state index is 0.0803. The van der Waals surface area contributed by atoms with Gasteiger partial charge < -0.3 is 14.5 Å². The highest BCUT2D eigenvalue weighted by Crippen LogP contribution is 2.40. The van der Waals surface area contributed by atoms with E-state index in [2.05, 4.69) is 73.3 Å². The molecule has 0 saturated carbocycles. The third kappa shape index (κ3) is 6.59. The van der Waals surface area contributed by atoms with E-state index in [9.17, 15) is 4.79 Å². The summed E-state index contributed by atoms with van der Waals surface area (Å²) >= 11 is 0. The molecule has 0 N–H and O–H groups in total. The van der Waals surface area contributed by atoms with Crippen LogP contribution in [0.4, 0.5) is 5.69 Å². The predicted octanol–water partition coefficient (Wildman–Crippen LogP) is 5.87. The summed E-state index contributed by atoms with van der Waals surface area (Å²) in [7, 11) is 4.09. The molecule has 0 aromatic heterocycles. The van der Waals surface area contributed by atoms with Crippen LogP contribution in [-0.2, 0) is 16.1 Å². The van der Waals surface area contributed by atoms with Gasteiger partial charge in [-0.25, -0.2) is 0 Å². The molecule has 0 unspecified atom stereocenters. The standard InChI is InChI=1S/C28H40N2O2/c1-6-27(31)30(21-22-12-14-25(15-13-22)29(4)5)18-16-26(23-10-8-7-9-11-23)24-17-19-32-28(2,3)20-24/h7-15,24,26H,6,16-21H2,1-5H3/t24-,26-/m1/s1. The van der Waals surface area contributed by atoms with Gasteiger partial charge in [0, 0.05) is 45.9 Å². The van der Waals surface area contributed by atoms with Crippen molar-refractivity contribution in [1.82, 2.24) is 4.90 Å². The van der Waals surface area contributed by atoms with Crippen LogP contribution in [0, 0.1) is 5.92 Å². The number of carbonyl (C=O) groups excluding carboxylic acids is 1. The van der Waals surface area contributed by atoms with Crippen LogP contribution in [0.2, 0.25) is 0 Å². The maximum absolute atomic E-state index is 12.8. The molecular weight excluding hydrogens is 396 g/mol. The Hall–Kier alpha value is -2.33. The number of hydrogen-bond acceptors (Lipinski definition) is 3. The highest BCUT2D eigenvalue weighted by molar-refractivity contribution is 5.75. The number of amides is 1. The molecule has 1 amide bonds. The molecule has 2 atom stereocenters. The molecule has 3 rings (SSSR count). The van der Waals surface area contributed by atoms with Crippen LogP contribution in [-0.4, -0.2) is 43.7 Å². The fourth-order valence-electron chi connectivity index (χ4n) is 4.93. The summed E-state index contributed by atoms with van der Waals surface area (Å²) in [5, 5.41) is 0. The van der Waals surface area contributed by atoms with E-state index in [4.69, 9.17) is 4.74 Å². The van der Waals surface area contributed by atoms with Crippen LogP contribution < -0.4 is 4.90 Å². The van der Waals surface area contributed by atoms with Crippen molar-refractivity contribution >= 4 is 11.6 Å². The second-order valence-electron chi connectivity index (χ2n) is 9.90. The smallest absolute Gasteiger partial charge is 0.222 e. The van der Waals surface area contributed by atoms with Crippen molar-refractivity contribution in [2.45, 2.75) is 64.5 Å². The van der Waals surface area contributed by atoms with Crippen LogP contribution >= 0.6 is 0 Å². The normalized spacial score (nSPS) is 18.7. The molecule has 2 aromatic rings. The maximum atomic E-state index is 12.8. The van der Waals surface area contributed by atoms with E-state index < -0.39 is 0 Å². The van der Waals surface area contributed by atoms with Crippen LogP contribution in [0.5, 0.6) is 0 Å². The lowest BCUT2D eigenvalue weighted by atomic mass is 9.75. The Labute approximate surface area is 194 Å². The van der Waals surface area contributed by atoms with Gasteiger partial charge in [0.05, 0.1) is 5.60 Å². The average molecular weight is 437 g/mol. The first-order valence-electron chi connectivity index (χ1n) is 12.0. The Morgan fingerprint density at radius 1 is 1.09 bits per heavy atom. The summed E-state index contributed by atoms with van der Waals surface area (Å²) < 4.78 is 6.00. The van der Waals surface area contributed by atoms with Gasteiger partial charge in [0.2, 0.25) is 5.91 Å². The SMILES string of the molecule is CCC(=O)N(CC[C@H](c1ccccc1)[C@@H]1CCOC(C)(C)C1)Cc1ccc(N(C)C)cc1. The van der Waals surface area contributed by atoms with Gasteiger partial charge in [-0.2, -0.15) is 0 Å². The van der Waals surface area contributed by atoms with Gasteiger partial charge in [-0.05, 0) is 68.2 Å². The molecule has 0 bridgehead atoms. The van der Waals surface area contributed by atoms with Gasteiger partial charge in [-0.1, -0.05) is 49.4 Å². The lowest BCUT2D eigenvalue weighted by Gasteiger charge is -2.40. The average Bonchev–Trinajstić information content (AvgIpc) is 2.78. The Balaban J connectivity index is 1.75. The molecule has 174 valence electrons. The van der Waals surface area contributed by atoms with Crippen LogP contribution in [0.1, 0.15) is 63.5 Å². The summed E-state index contributed by atoms with van der Waals surface area (Å²) in [6.45, 7) is 8.62. The van der Waals surface area contributed by atoms with E-state index in [-0.39, 0.29) is 11.5 Å². The summed E-state index contributed by atoms with van der Waals surface area (Å²) in [6, 6.07) is 19.4. The molecule has 4 heteroatoms. The van der Waals surface area contributed by atoms with Gasteiger partial charge in [0.15, 0.2) is 0 Å². The summed E-state index contributed by atoms with van der Waals surface area (Å²) in [4.78, 5) is 17.0. The molecule has 0 radical (unpaired) electrons. The fraction of sp³-hybridized carbons (Fsp3) is 0.536. The molecule has 1 fully saturated rings. The number of hydrogen-bond donors (Lipinski definition) is 0. The lowest BCUT2D eigenvalue weighted by Crippen LogP contribution is -2.37. The van der Waals surface area contributed by atoms with E-state index in [0.717, 1.165) is 32.4 Å². The number of benzene rings is 2. The van der Waals surface area contributed by atoms with Crippen molar-refractivity contribution in [1.29, 1.82) is 0 Å². The third-order valence-corrected chi connectivity index (χ3v) is 6.72. The molecule has 32 heavy (non-hydrogen) atoms. The number of ether oxygens (including phenoxy) is 1. The molecule has 1 aliphatic heterocycles. The molecule has 0 aliphatic carbocycles. The van der Waals surface area contributed by atoms with E-state index in [1.54, 1.807) is 0 Å². The number of nitrogens with zero attached hydrogens (tertiary/aromatic N) is 2. The fourth-order valence-corrected chi connectivity index (χ4v) is 4.93. The Morgan fingerprint density at radius 3 is 2.38 bits per heavy atom. The monoisotopic (exact) mass is 436 g/mol. The Kier molecular flexibility index (Phi) is 8.36. The zero-order valence-electron chi connectivity index (χ0n) is 20.5. The van der Waals surface area contributed by atoms with Crippen molar-refractivity contribution in [3.05, 3.63) is 65.7 Å². The first-order chi connectivity index (χ1) is 15.3.